The molecule has 1 aromatic heterocycles. The number of nitro benzene ring substituents is 1. The van der Waals surface area contributed by atoms with Gasteiger partial charge in [-0.15, -0.1) is 0 Å². The second-order valence-corrected chi connectivity index (χ2v) is 5.36. The summed E-state index contributed by atoms with van der Waals surface area (Å²) in [5.74, 6) is -1.15. The highest BCUT2D eigenvalue weighted by molar-refractivity contribution is 7.88. The van der Waals surface area contributed by atoms with Gasteiger partial charge in [-0.1, -0.05) is 0 Å². The van der Waals surface area contributed by atoms with Gasteiger partial charge < -0.3 is 8.60 Å². The van der Waals surface area contributed by atoms with Gasteiger partial charge in [0, 0.05) is 6.07 Å². The van der Waals surface area contributed by atoms with Crippen molar-refractivity contribution in [1.82, 2.24) is 0 Å². The SMILES string of the molecule is O=c1ccc2c([N+](=O)[O-])c(OS(=O)(=O)C(F)(F)F)ccc2o1. The monoisotopic (exact) mass is 339 g/mol. The molecule has 0 aliphatic heterocycles. The Kier molecular flexibility index (Phi) is 3.56. The van der Waals surface area contributed by atoms with Gasteiger partial charge in [-0.3, -0.25) is 10.1 Å². The van der Waals surface area contributed by atoms with Gasteiger partial charge in [0.1, 0.15) is 5.58 Å². The Morgan fingerprint density at radius 2 is 1.82 bits per heavy atom. The number of nitro groups is 1. The van der Waals surface area contributed by atoms with E-state index < -0.39 is 37.6 Å². The first kappa shape index (κ1) is 15.8. The number of hydrogen-bond acceptors (Lipinski definition) is 7. The van der Waals surface area contributed by atoms with Gasteiger partial charge >= 0.3 is 26.9 Å². The molecule has 8 nitrogen and oxygen atoms in total. The van der Waals surface area contributed by atoms with E-state index in [0.717, 1.165) is 18.2 Å². The number of hydrogen-bond donors (Lipinski definition) is 0. The minimum Gasteiger partial charge on any atom is -0.422 e. The predicted molar refractivity (Wildman–Crippen MR) is 64.7 cm³/mol. The van der Waals surface area contributed by atoms with Crippen LogP contribution in [0.3, 0.4) is 0 Å². The molecule has 0 fully saturated rings. The van der Waals surface area contributed by atoms with Gasteiger partial charge in [-0.25, -0.2) is 4.79 Å². The Balaban J connectivity index is 2.70. The third-order valence-electron chi connectivity index (χ3n) is 2.40. The first-order valence-corrected chi connectivity index (χ1v) is 6.66. The third kappa shape index (κ3) is 2.72. The molecule has 0 radical (unpaired) electrons. The van der Waals surface area contributed by atoms with Gasteiger partial charge in [-0.2, -0.15) is 21.6 Å². The lowest BCUT2D eigenvalue weighted by molar-refractivity contribution is -0.383. The van der Waals surface area contributed by atoms with Crippen LogP contribution in [0.5, 0.6) is 5.75 Å². The molecule has 0 unspecified atom stereocenters. The van der Waals surface area contributed by atoms with E-state index in [4.69, 9.17) is 0 Å². The Hall–Kier alpha value is -2.63. The molecule has 0 bridgehead atoms. The zero-order chi connectivity index (χ0) is 16.7. The second kappa shape index (κ2) is 4.98. The number of rotatable bonds is 3. The van der Waals surface area contributed by atoms with Crippen molar-refractivity contribution in [1.29, 1.82) is 0 Å². The summed E-state index contributed by atoms with van der Waals surface area (Å²) in [5.41, 5.74) is -7.98. The molecule has 22 heavy (non-hydrogen) atoms. The minimum atomic E-state index is -6.08. The molecule has 1 aromatic carbocycles. The van der Waals surface area contributed by atoms with E-state index in [0.29, 0.717) is 6.07 Å². The summed E-state index contributed by atoms with van der Waals surface area (Å²) in [6.45, 7) is 0. The van der Waals surface area contributed by atoms with Crippen LogP contribution < -0.4 is 9.81 Å². The predicted octanol–water partition coefficient (Wildman–Crippen LogP) is 1.93. The number of halogens is 3. The molecule has 2 rings (SSSR count). The fraction of sp³-hybridized carbons (Fsp3) is 0.100. The largest absolute Gasteiger partial charge is 0.534 e. The van der Waals surface area contributed by atoms with E-state index in [1.54, 1.807) is 0 Å². The fourth-order valence-corrected chi connectivity index (χ4v) is 2.00. The molecule has 12 heteroatoms. The molecule has 1 heterocycles. The van der Waals surface area contributed by atoms with Crippen LogP contribution >= 0.6 is 0 Å². The average Bonchev–Trinajstić information content (AvgIpc) is 2.36. The lowest BCUT2D eigenvalue weighted by Gasteiger charge is -2.10. The normalized spacial score (nSPS) is 12.3. The molecule has 0 saturated heterocycles. The smallest absolute Gasteiger partial charge is 0.422 e. The summed E-state index contributed by atoms with van der Waals surface area (Å²) in [7, 11) is -6.08. The topological polar surface area (TPSA) is 117 Å². The molecule has 0 aliphatic carbocycles. The zero-order valence-corrected chi connectivity index (χ0v) is 11.0. The summed E-state index contributed by atoms with van der Waals surface area (Å²) >= 11 is 0. The van der Waals surface area contributed by atoms with Crippen molar-refractivity contribution in [2.24, 2.45) is 0 Å². The zero-order valence-electron chi connectivity index (χ0n) is 10.2. The number of fused-ring (bicyclic) bond motifs is 1. The van der Waals surface area contributed by atoms with Gasteiger partial charge in [0.2, 0.25) is 5.75 Å². The van der Waals surface area contributed by atoms with Crippen LogP contribution in [0.15, 0.2) is 33.5 Å². The van der Waals surface area contributed by atoms with E-state index >= 15 is 0 Å². The lowest BCUT2D eigenvalue weighted by atomic mass is 10.2. The van der Waals surface area contributed by atoms with Gasteiger partial charge in [-0.05, 0) is 18.2 Å². The fourth-order valence-electron chi connectivity index (χ4n) is 1.53. The van der Waals surface area contributed by atoms with Crippen molar-refractivity contribution in [2.45, 2.75) is 5.51 Å². The molecule has 0 amide bonds. The first-order chi connectivity index (χ1) is 10.0. The van der Waals surface area contributed by atoms with E-state index in [1.807, 2.05) is 0 Å². The van der Waals surface area contributed by atoms with Crippen molar-refractivity contribution >= 4 is 26.8 Å². The highest BCUT2D eigenvalue weighted by Gasteiger charge is 2.49. The molecule has 0 spiro atoms. The highest BCUT2D eigenvalue weighted by atomic mass is 32.2. The quantitative estimate of drug-likeness (QED) is 0.276. The minimum absolute atomic E-state index is 0.309. The van der Waals surface area contributed by atoms with Gasteiger partial charge in [0.15, 0.2) is 0 Å². The lowest BCUT2D eigenvalue weighted by Crippen LogP contribution is -2.28. The van der Waals surface area contributed by atoms with Crippen molar-refractivity contribution in [3.8, 4) is 5.75 Å². The van der Waals surface area contributed by atoms with Crippen molar-refractivity contribution in [3.63, 3.8) is 0 Å². The Morgan fingerprint density at radius 1 is 1.18 bits per heavy atom. The Morgan fingerprint density at radius 3 is 2.36 bits per heavy atom. The van der Waals surface area contributed by atoms with Gasteiger partial charge in [0.25, 0.3) is 0 Å². The van der Waals surface area contributed by atoms with Crippen molar-refractivity contribution in [2.75, 3.05) is 0 Å². The van der Waals surface area contributed by atoms with Crippen molar-refractivity contribution in [3.05, 3.63) is 44.8 Å². The number of alkyl halides is 3. The summed E-state index contributed by atoms with van der Waals surface area (Å²) in [4.78, 5) is 20.8. The van der Waals surface area contributed by atoms with E-state index in [9.17, 15) is 36.5 Å². The summed E-state index contributed by atoms with van der Waals surface area (Å²) in [6.07, 6.45) is 0. The molecule has 118 valence electrons. The van der Waals surface area contributed by atoms with E-state index in [1.165, 1.54) is 0 Å². The first-order valence-electron chi connectivity index (χ1n) is 5.25. The molecule has 2 aromatic rings. The van der Waals surface area contributed by atoms with Crippen LogP contribution in [-0.2, 0) is 10.1 Å². The van der Waals surface area contributed by atoms with Gasteiger partial charge in [0.05, 0.1) is 10.3 Å². The molecule has 0 saturated carbocycles. The van der Waals surface area contributed by atoms with Crippen LogP contribution in [0.1, 0.15) is 0 Å². The van der Waals surface area contributed by atoms with Crippen LogP contribution in [0.4, 0.5) is 18.9 Å². The second-order valence-electron chi connectivity index (χ2n) is 3.82. The van der Waals surface area contributed by atoms with E-state index in [-0.39, 0.29) is 11.0 Å². The van der Waals surface area contributed by atoms with Crippen molar-refractivity contribution < 1.29 is 35.1 Å². The van der Waals surface area contributed by atoms with E-state index in [2.05, 4.69) is 8.60 Å². The third-order valence-corrected chi connectivity index (χ3v) is 3.37. The van der Waals surface area contributed by atoms with Crippen LogP contribution in [-0.4, -0.2) is 18.8 Å². The van der Waals surface area contributed by atoms with Crippen LogP contribution in [0, 0.1) is 10.1 Å². The molecule has 0 atom stereocenters. The molecular formula is C10H4F3NO7S. The molecule has 0 N–H and O–H groups in total. The highest BCUT2D eigenvalue weighted by Crippen LogP contribution is 2.37. The van der Waals surface area contributed by atoms with Crippen LogP contribution in [0.2, 0.25) is 0 Å². The molecule has 0 aliphatic rings. The maximum atomic E-state index is 12.3. The average molecular weight is 339 g/mol. The summed E-state index contributed by atoms with van der Waals surface area (Å²) in [6, 6.07) is 3.17. The Labute approximate surface area is 119 Å². The Bertz CT molecular complexity index is 916. The number of nitrogens with zero attached hydrogens (tertiary/aromatic N) is 1. The summed E-state index contributed by atoms with van der Waals surface area (Å²) < 4.78 is 67.1. The number of benzene rings is 1. The summed E-state index contributed by atoms with van der Waals surface area (Å²) in [5, 5.41) is 10.6. The van der Waals surface area contributed by atoms with Crippen LogP contribution in [0.25, 0.3) is 11.0 Å². The maximum absolute atomic E-state index is 12.3. The molecular weight excluding hydrogens is 335 g/mol. The standard InChI is InChI=1S/C10H4F3NO7S/c11-10(12,13)22(18,19)21-7-3-2-6-5(9(7)14(16)17)1-4-8(15)20-6/h1-4H. The maximum Gasteiger partial charge on any atom is 0.534 e.